The number of methoxy groups -OCH3 is 1. The molecule has 0 aliphatic carbocycles. The quantitative estimate of drug-likeness (QED) is 0.364. The minimum Gasteiger partial charge on any atom is -0.467 e. The molecule has 0 aromatic carbocycles. The maximum Gasteiger partial charge on any atom is 0.411 e. The van der Waals surface area contributed by atoms with Gasteiger partial charge < -0.3 is 13.9 Å². The summed E-state index contributed by atoms with van der Waals surface area (Å²) < 4.78 is 16.7. The summed E-state index contributed by atoms with van der Waals surface area (Å²) >= 11 is 0. The highest BCUT2D eigenvalue weighted by molar-refractivity contribution is 6.74. The van der Waals surface area contributed by atoms with Crippen LogP contribution in [0.4, 0.5) is 4.79 Å². The van der Waals surface area contributed by atoms with Crippen molar-refractivity contribution in [2.75, 3.05) is 20.3 Å². The molecule has 7 heteroatoms. The van der Waals surface area contributed by atoms with E-state index in [0.717, 1.165) is 6.42 Å². The van der Waals surface area contributed by atoms with E-state index in [0.29, 0.717) is 26.0 Å². The molecule has 1 heterocycles. The molecule has 6 nitrogen and oxygen atoms in total. The lowest BCUT2D eigenvalue weighted by atomic mass is 10.1. The molecule has 0 aromatic heterocycles. The van der Waals surface area contributed by atoms with Crippen LogP contribution in [0, 0.1) is 0 Å². The van der Waals surface area contributed by atoms with E-state index in [1.807, 2.05) is 20.8 Å². The van der Waals surface area contributed by atoms with Gasteiger partial charge in [0, 0.05) is 13.2 Å². The summed E-state index contributed by atoms with van der Waals surface area (Å²) in [6.45, 7) is 17.7. The van der Waals surface area contributed by atoms with Crippen LogP contribution in [-0.2, 0) is 18.7 Å². The maximum atomic E-state index is 12.6. The lowest BCUT2D eigenvalue weighted by Crippen LogP contribution is -2.47. The largest absolute Gasteiger partial charge is 0.467 e. The smallest absolute Gasteiger partial charge is 0.411 e. The standard InChI is InChI=1S/C21H39NO5Si/c1-20(2,3)27-19(24)22-14-12-16(10-11-17(22)18(23)25-7)13-15-26-28(8,9)21(4,5)6/h10,17H,11-15H2,1-9H3/t17-/m0/s1. The van der Waals surface area contributed by atoms with Crippen molar-refractivity contribution in [3.63, 3.8) is 0 Å². The molecule has 0 saturated carbocycles. The second-order valence-electron chi connectivity index (χ2n) is 9.92. The van der Waals surface area contributed by atoms with Crippen LogP contribution in [-0.4, -0.2) is 57.2 Å². The zero-order chi connectivity index (χ0) is 21.8. The second-order valence-corrected chi connectivity index (χ2v) is 14.7. The Bertz CT molecular complexity index is 587. The number of rotatable bonds is 5. The third-order valence-corrected chi connectivity index (χ3v) is 10.0. The van der Waals surface area contributed by atoms with E-state index in [-0.39, 0.29) is 5.04 Å². The predicted molar refractivity (Wildman–Crippen MR) is 114 cm³/mol. The Balaban J connectivity index is 2.79. The minimum atomic E-state index is -1.78. The molecule has 0 N–H and O–H groups in total. The van der Waals surface area contributed by atoms with E-state index in [1.165, 1.54) is 17.6 Å². The molecular formula is C21H39NO5Si. The third-order valence-electron chi connectivity index (χ3n) is 5.47. The van der Waals surface area contributed by atoms with E-state index in [2.05, 4.69) is 39.9 Å². The highest BCUT2D eigenvalue weighted by atomic mass is 28.4. The number of carbonyl (C=O) groups is 2. The molecule has 0 saturated heterocycles. The number of amides is 1. The maximum absolute atomic E-state index is 12.6. The highest BCUT2D eigenvalue weighted by Crippen LogP contribution is 2.36. The molecule has 0 fully saturated rings. The van der Waals surface area contributed by atoms with Gasteiger partial charge in [-0.3, -0.25) is 4.90 Å². The van der Waals surface area contributed by atoms with Crippen LogP contribution in [0.5, 0.6) is 0 Å². The minimum absolute atomic E-state index is 0.175. The van der Waals surface area contributed by atoms with Crippen molar-refractivity contribution in [3.8, 4) is 0 Å². The van der Waals surface area contributed by atoms with Crippen molar-refractivity contribution >= 4 is 20.4 Å². The number of esters is 1. The van der Waals surface area contributed by atoms with E-state index >= 15 is 0 Å². The summed E-state index contributed by atoms with van der Waals surface area (Å²) in [4.78, 5) is 26.4. The van der Waals surface area contributed by atoms with Gasteiger partial charge in [0.2, 0.25) is 0 Å². The van der Waals surface area contributed by atoms with Gasteiger partial charge in [-0.05, 0) is 58.2 Å². The predicted octanol–water partition coefficient (Wildman–Crippen LogP) is 4.90. The molecule has 0 radical (unpaired) electrons. The molecule has 1 atom stereocenters. The fourth-order valence-electron chi connectivity index (χ4n) is 2.71. The van der Waals surface area contributed by atoms with Crippen molar-refractivity contribution in [1.29, 1.82) is 0 Å². The van der Waals surface area contributed by atoms with Crippen LogP contribution < -0.4 is 0 Å². The molecule has 0 bridgehead atoms. The molecule has 28 heavy (non-hydrogen) atoms. The summed E-state index contributed by atoms with van der Waals surface area (Å²) in [7, 11) is -0.438. The summed E-state index contributed by atoms with van der Waals surface area (Å²) in [5.74, 6) is -0.416. The Morgan fingerprint density at radius 2 is 1.79 bits per heavy atom. The molecule has 1 amide bonds. The van der Waals surface area contributed by atoms with Gasteiger partial charge >= 0.3 is 12.1 Å². The van der Waals surface area contributed by atoms with Gasteiger partial charge in [-0.25, -0.2) is 9.59 Å². The summed E-state index contributed by atoms with van der Waals surface area (Å²) in [5, 5.41) is 0.175. The summed E-state index contributed by atoms with van der Waals surface area (Å²) in [6, 6.07) is -0.654. The van der Waals surface area contributed by atoms with Crippen LogP contribution in [0.25, 0.3) is 0 Å². The molecule has 1 aliphatic heterocycles. The Kier molecular flexibility index (Phi) is 8.32. The van der Waals surface area contributed by atoms with Gasteiger partial charge in [0.1, 0.15) is 11.6 Å². The Morgan fingerprint density at radius 3 is 2.29 bits per heavy atom. The average molecular weight is 414 g/mol. The first-order chi connectivity index (χ1) is 12.7. The van der Waals surface area contributed by atoms with Crippen LogP contribution in [0.2, 0.25) is 18.1 Å². The molecule has 0 spiro atoms. The monoisotopic (exact) mass is 413 g/mol. The fourth-order valence-corrected chi connectivity index (χ4v) is 3.75. The van der Waals surface area contributed by atoms with Crippen LogP contribution in [0.1, 0.15) is 60.8 Å². The third kappa shape index (κ3) is 7.24. The van der Waals surface area contributed by atoms with Gasteiger partial charge in [0.15, 0.2) is 8.32 Å². The van der Waals surface area contributed by atoms with Gasteiger partial charge in [-0.2, -0.15) is 0 Å². The van der Waals surface area contributed by atoms with E-state index < -0.39 is 32.0 Å². The first-order valence-corrected chi connectivity index (χ1v) is 13.0. The molecule has 0 unspecified atom stereocenters. The molecule has 0 aromatic rings. The number of hydrogen-bond donors (Lipinski definition) is 0. The molecule has 162 valence electrons. The van der Waals surface area contributed by atoms with Gasteiger partial charge in [0.25, 0.3) is 0 Å². The van der Waals surface area contributed by atoms with Crippen LogP contribution in [0.15, 0.2) is 11.6 Å². The summed E-state index contributed by atoms with van der Waals surface area (Å²) in [6.07, 6.45) is 3.52. The van der Waals surface area contributed by atoms with Gasteiger partial charge in [-0.1, -0.05) is 32.4 Å². The zero-order valence-corrected chi connectivity index (χ0v) is 20.2. The topological polar surface area (TPSA) is 65.1 Å². The lowest BCUT2D eigenvalue weighted by molar-refractivity contribution is -0.146. The molecule has 1 rings (SSSR count). The van der Waals surface area contributed by atoms with Crippen molar-refractivity contribution in [2.24, 2.45) is 0 Å². The van der Waals surface area contributed by atoms with Gasteiger partial charge in [-0.15, -0.1) is 0 Å². The van der Waals surface area contributed by atoms with Crippen molar-refractivity contribution in [1.82, 2.24) is 4.90 Å². The summed E-state index contributed by atoms with van der Waals surface area (Å²) in [5.41, 5.74) is 0.593. The SMILES string of the molecule is COC(=O)[C@@H]1CC=C(CCO[Si](C)(C)C(C)(C)C)CCN1C(=O)OC(C)(C)C. The van der Waals surface area contributed by atoms with Crippen molar-refractivity contribution < 1.29 is 23.5 Å². The van der Waals surface area contributed by atoms with Crippen molar-refractivity contribution in [3.05, 3.63) is 11.6 Å². The molecule has 1 aliphatic rings. The Hall–Kier alpha value is -1.34. The number of hydrogen-bond acceptors (Lipinski definition) is 5. The lowest BCUT2D eigenvalue weighted by Gasteiger charge is -2.36. The molecular weight excluding hydrogens is 374 g/mol. The van der Waals surface area contributed by atoms with Crippen molar-refractivity contribution in [2.45, 2.75) is 90.6 Å². The van der Waals surface area contributed by atoms with E-state index in [4.69, 9.17) is 13.9 Å². The number of ether oxygens (including phenoxy) is 2. The van der Waals surface area contributed by atoms with Crippen LogP contribution >= 0.6 is 0 Å². The van der Waals surface area contributed by atoms with Crippen LogP contribution in [0.3, 0.4) is 0 Å². The highest BCUT2D eigenvalue weighted by Gasteiger charge is 2.37. The Labute approximate surface area is 171 Å². The first-order valence-electron chi connectivity index (χ1n) is 10.1. The zero-order valence-electron chi connectivity index (χ0n) is 19.2. The van der Waals surface area contributed by atoms with E-state index in [1.54, 1.807) is 0 Å². The second kappa shape index (κ2) is 9.44. The first kappa shape index (κ1) is 24.7. The Morgan fingerprint density at radius 1 is 1.18 bits per heavy atom. The average Bonchev–Trinajstić information content (AvgIpc) is 2.74. The van der Waals surface area contributed by atoms with E-state index in [9.17, 15) is 9.59 Å². The fraction of sp³-hybridized carbons (Fsp3) is 0.810. The normalized spacial score (nSPS) is 19.0. The number of nitrogens with zero attached hydrogens (tertiary/aromatic N) is 1. The number of carbonyl (C=O) groups excluding carboxylic acids is 2. The van der Waals surface area contributed by atoms with Gasteiger partial charge in [0.05, 0.1) is 7.11 Å².